The third-order valence-corrected chi connectivity index (χ3v) is 3.17. The van der Waals surface area contributed by atoms with Gasteiger partial charge in [-0.2, -0.15) is 4.99 Å². The Morgan fingerprint density at radius 3 is 2.65 bits per heavy atom. The molecule has 0 bridgehead atoms. The number of hydrogen-bond acceptors (Lipinski definition) is 4. The quantitative estimate of drug-likeness (QED) is 0.856. The summed E-state index contributed by atoms with van der Waals surface area (Å²) in [5, 5.41) is 3.67. The molecule has 1 unspecified atom stereocenters. The van der Waals surface area contributed by atoms with Crippen molar-refractivity contribution >= 4 is 35.3 Å². The van der Waals surface area contributed by atoms with Crippen molar-refractivity contribution in [2.45, 2.75) is 6.10 Å². The third-order valence-electron chi connectivity index (χ3n) is 2.92. The van der Waals surface area contributed by atoms with E-state index in [-0.39, 0.29) is 0 Å². The van der Waals surface area contributed by atoms with E-state index < -0.39 is 6.10 Å². The Morgan fingerprint density at radius 1 is 1.15 bits per heavy atom. The molecule has 100 valence electrons. The van der Waals surface area contributed by atoms with E-state index in [1.54, 1.807) is 12.1 Å². The van der Waals surface area contributed by atoms with Crippen LogP contribution >= 0.6 is 11.6 Å². The largest absolute Gasteiger partial charge is 0.449 e. The van der Waals surface area contributed by atoms with Crippen LogP contribution in [0, 0.1) is 0 Å². The first-order valence-corrected chi connectivity index (χ1v) is 6.46. The SMILES string of the molecule is O=CC1OC(Nc2ccc(Cl)cc2)=Nc2ccccc21. The lowest BCUT2D eigenvalue weighted by atomic mass is 10.1. The zero-order valence-electron chi connectivity index (χ0n) is 10.4. The van der Waals surface area contributed by atoms with Crippen LogP contribution in [0.2, 0.25) is 5.02 Å². The highest BCUT2D eigenvalue weighted by Gasteiger charge is 2.23. The van der Waals surface area contributed by atoms with Crippen LogP contribution < -0.4 is 5.32 Å². The summed E-state index contributed by atoms with van der Waals surface area (Å²) in [7, 11) is 0. The van der Waals surface area contributed by atoms with Gasteiger partial charge in [-0.1, -0.05) is 29.8 Å². The minimum Gasteiger partial charge on any atom is -0.449 e. The fourth-order valence-corrected chi connectivity index (χ4v) is 2.09. The number of carbonyl (C=O) groups excluding carboxylic acids is 1. The van der Waals surface area contributed by atoms with Gasteiger partial charge in [-0.15, -0.1) is 0 Å². The second kappa shape index (κ2) is 5.35. The van der Waals surface area contributed by atoms with Crippen molar-refractivity contribution in [2.24, 2.45) is 4.99 Å². The predicted molar refractivity (Wildman–Crippen MR) is 78.5 cm³/mol. The van der Waals surface area contributed by atoms with Crippen LogP contribution in [0.5, 0.6) is 0 Å². The molecular formula is C15H11ClN2O2. The lowest BCUT2D eigenvalue weighted by Crippen LogP contribution is -2.23. The first-order chi connectivity index (χ1) is 9.76. The molecule has 20 heavy (non-hydrogen) atoms. The zero-order chi connectivity index (χ0) is 13.9. The van der Waals surface area contributed by atoms with Crippen molar-refractivity contribution < 1.29 is 9.53 Å². The Bertz CT molecular complexity index is 668. The number of aliphatic imine (C=N–C) groups is 1. The van der Waals surface area contributed by atoms with Crippen molar-refractivity contribution in [3.8, 4) is 0 Å². The van der Waals surface area contributed by atoms with Crippen LogP contribution in [-0.2, 0) is 9.53 Å². The minimum atomic E-state index is -0.640. The molecule has 0 spiro atoms. The Labute approximate surface area is 121 Å². The summed E-state index contributed by atoms with van der Waals surface area (Å²) in [5.41, 5.74) is 2.29. The number of nitrogens with zero attached hydrogens (tertiary/aromatic N) is 1. The van der Waals surface area contributed by atoms with Crippen LogP contribution in [0.15, 0.2) is 53.5 Å². The molecule has 1 aliphatic heterocycles. The monoisotopic (exact) mass is 286 g/mol. The van der Waals surface area contributed by atoms with Crippen LogP contribution in [0.3, 0.4) is 0 Å². The number of benzene rings is 2. The maximum absolute atomic E-state index is 11.1. The molecular weight excluding hydrogens is 276 g/mol. The standard InChI is InChI=1S/C15H11ClN2O2/c16-10-5-7-11(8-6-10)17-15-18-13-4-2-1-3-12(13)14(9-19)20-15/h1-9,14H,(H,17,18). The van der Waals surface area contributed by atoms with Crippen molar-refractivity contribution in [1.82, 2.24) is 0 Å². The van der Waals surface area contributed by atoms with Crippen molar-refractivity contribution in [3.63, 3.8) is 0 Å². The van der Waals surface area contributed by atoms with Crippen molar-refractivity contribution in [3.05, 3.63) is 59.1 Å². The van der Waals surface area contributed by atoms with Crippen LogP contribution in [-0.4, -0.2) is 12.3 Å². The van der Waals surface area contributed by atoms with Gasteiger partial charge in [-0.25, -0.2) is 0 Å². The second-order valence-corrected chi connectivity index (χ2v) is 4.72. The number of ether oxygens (including phenoxy) is 1. The number of carbonyl (C=O) groups is 1. The predicted octanol–water partition coefficient (Wildman–Crippen LogP) is 3.71. The first-order valence-electron chi connectivity index (χ1n) is 6.08. The maximum Gasteiger partial charge on any atom is 0.295 e. The van der Waals surface area contributed by atoms with Gasteiger partial charge in [0.15, 0.2) is 12.4 Å². The van der Waals surface area contributed by atoms with Gasteiger partial charge in [0.1, 0.15) is 0 Å². The molecule has 4 nitrogen and oxygen atoms in total. The molecule has 0 saturated carbocycles. The highest BCUT2D eigenvalue weighted by atomic mass is 35.5. The Balaban J connectivity index is 1.90. The number of para-hydroxylation sites is 1. The fraction of sp³-hybridized carbons (Fsp3) is 0.0667. The number of halogens is 1. The lowest BCUT2D eigenvalue weighted by Gasteiger charge is -2.22. The molecule has 0 saturated heterocycles. The van der Waals surface area contributed by atoms with Crippen LogP contribution in [0.4, 0.5) is 11.4 Å². The summed E-state index contributed by atoms with van der Waals surface area (Å²) in [6.07, 6.45) is 0.121. The molecule has 5 heteroatoms. The number of anilines is 1. The molecule has 1 aliphatic rings. The highest BCUT2D eigenvalue weighted by molar-refractivity contribution is 6.30. The molecule has 3 rings (SSSR count). The first kappa shape index (κ1) is 12.7. The molecule has 0 aliphatic carbocycles. The van der Waals surface area contributed by atoms with Gasteiger partial charge in [0.25, 0.3) is 6.02 Å². The maximum atomic E-state index is 11.1. The molecule has 2 aromatic carbocycles. The summed E-state index contributed by atoms with van der Waals surface area (Å²) in [6, 6.07) is 14.8. The topological polar surface area (TPSA) is 50.7 Å². The summed E-state index contributed by atoms with van der Waals surface area (Å²) in [5.74, 6) is 0. The summed E-state index contributed by atoms with van der Waals surface area (Å²) < 4.78 is 5.53. The van der Waals surface area contributed by atoms with E-state index in [1.165, 1.54) is 0 Å². The van der Waals surface area contributed by atoms with E-state index in [0.717, 1.165) is 23.2 Å². The Morgan fingerprint density at radius 2 is 1.90 bits per heavy atom. The van der Waals surface area contributed by atoms with E-state index >= 15 is 0 Å². The van der Waals surface area contributed by atoms with E-state index in [2.05, 4.69) is 10.3 Å². The average Bonchev–Trinajstić information content (AvgIpc) is 2.49. The molecule has 1 N–H and O–H groups in total. The molecule has 1 heterocycles. The number of nitrogens with one attached hydrogen (secondary N) is 1. The third kappa shape index (κ3) is 2.51. The van der Waals surface area contributed by atoms with Gasteiger partial charge in [-0.05, 0) is 30.3 Å². The van der Waals surface area contributed by atoms with E-state index in [9.17, 15) is 4.79 Å². The van der Waals surface area contributed by atoms with Gasteiger partial charge in [-0.3, -0.25) is 4.79 Å². The number of fused-ring (bicyclic) bond motifs is 1. The van der Waals surface area contributed by atoms with Crippen molar-refractivity contribution in [2.75, 3.05) is 5.32 Å². The van der Waals surface area contributed by atoms with Gasteiger partial charge in [0.2, 0.25) is 0 Å². The fourth-order valence-electron chi connectivity index (χ4n) is 1.96. The number of amidine groups is 1. The van der Waals surface area contributed by atoms with Crippen molar-refractivity contribution in [1.29, 1.82) is 0 Å². The molecule has 2 aromatic rings. The summed E-state index contributed by atoms with van der Waals surface area (Å²) >= 11 is 5.83. The molecule has 0 amide bonds. The zero-order valence-corrected chi connectivity index (χ0v) is 11.2. The number of aldehydes is 1. The van der Waals surface area contributed by atoms with E-state index in [4.69, 9.17) is 16.3 Å². The van der Waals surface area contributed by atoms with Crippen LogP contribution in [0.1, 0.15) is 11.7 Å². The molecule has 0 radical (unpaired) electrons. The number of rotatable bonds is 2. The highest BCUT2D eigenvalue weighted by Crippen LogP contribution is 2.31. The Kier molecular flexibility index (Phi) is 3.39. The minimum absolute atomic E-state index is 0.295. The Hall–Kier alpha value is -2.33. The normalized spacial score (nSPS) is 16.6. The van der Waals surface area contributed by atoms with E-state index in [0.29, 0.717) is 11.0 Å². The second-order valence-electron chi connectivity index (χ2n) is 4.28. The number of hydrogen-bond donors (Lipinski definition) is 1. The van der Waals surface area contributed by atoms with Gasteiger partial charge in [0.05, 0.1) is 5.69 Å². The van der Waals surface area contributed by atoms with Gasteiger partial charge >= 0.3 is 0 Å². The molecule has 1 atom stereocenters. The smallest absolute Gasteiger partial charge is 0.295 e. The van der Waals surface area contributed by atoms with Gasteiger partial charge < -0.3 is 10.1 Å². The molecule has 0 aromatic heterocycles. The average molecular weight is 287 g/mol. The summed E-state index contributed by atoms with van der Waals surface area (Å²) in [6.45, 7) is 0. The van der Waals surface area contributed by atoms with Gasteiger partial charge in [0, 0.05) is 16.3 Å². The molecule has 0 fully saturated rings. The lowest BCUT2D eigenvalue weighted by molar-refractivity contribution is -0.114. The van der Waals surface area contributed by atoms with Crippen LogP contribution in [0.25, 0.3) is 0 Å². The summed E-state index contributed by atoms with van der Waals surface area (Å²) in [4.78, 5) is 15.5. The van der Waals surface area contributed by atoms with E-state index in [1.807, 2.05) is 36.4 Å².